The van der Waals surface area contributed by atoms with Crippen molar-refractivity contribution in [3.05, 3.63) is 326 Å². The summed E-state index contributed by atoms with van der Waals surface area (Å²) in [6.07, 6.45) is 0. The van der Waals surface area contributed by atoms with Gasteiger partial charge < -0.3 is 0 Å². The van der Waals surface area contributed by atoms with Crippen LogP contribution in [0, 0.1) is 0 Å². The summed E-state index contributed by atoms with van der Waals surface area (Å²) in [6.45, 7) is 0. The molecule has 0 spiro atoms. The maximum absolute atomic E-state index is 2.48. The molecular weight excluding hydrogens is 925 g/mol. The molecule has 0 heteroatoms. The van der Waals surface area contributed by atoms with E-state index < -0.39 is 5.41 Å². The van der Waals surface area contributed by atoms with Crippen molar-refractivity contribution >= 4 is 43.1 Å². The van der Waals surface area contributed by atoms with E-state index in [1.165, 1.54) is 143 Å². The molecule has 0 N–H and O–H groups in total. The van der Waals surface area contributed by atoms with Gasteiger partial charge in [0, 0.05) is 0 Å². The molecule has 0 bridgehead atoms. The highest BCUT2D eigenvalue weighted by molar-refractivity contribution is 6.23. The van der Waals surface area contributed by atoms with Gasteiger partial charge in [-0.3, -0.25) is 0 Å². The van der Waals surface area contributed by atoms with Crippen LogP contribution in [0.3, 0.4) is 0 Å². The standard InChI is InChI=1S/C77H50/c1-5-23-51(24-6-1)73-63-37-13-15-39-65(63)75(53-27-9-3-10-28-53)69-49-57(43-45-67(69)73)55-31-21-33-59(47-55)77(71-41-19-17-35-61(71)62-36-18-20-42-72(62)77)60-34-22-32-56(48-60)58-44-46-68-70(50-58)76(54-29-11-4-12-30-54)66-40-16-14-38-64(66)74(68)52-25-7-2-8-26-52/h1-50H. The summed E-state index contributed by atoms with van der Waals surface area (Å²) in [7, 11) is 0. The van der Waals surface area contributed by atoms with Gasteiger partial charge >= 0.3 is 0 Å². The lowest BCUT2D eigenvalue weighted by Gasteiger charge is -2.34. The lowest BCUT2D eigenvalue weighted by atomic mass is 9.67. The van der Waals surface area contributed by atoms with Gasteiger partial charge in [0.15, 0.2) is 0 Å². The molecule has 358 valence electrons. The van der Waals surface area contributed by atoms with Crippen LogP contribution < -0.4 is 0 Å². The van der Waals surface area contributed by atoms with Crippen molar-refractivity contribution in [2.75, 3.05) is 0 Å². The third kappa shape index (κ3) is 7.07. The number of hydrogen-bond acceptors (Lipinski definition) is 0. The second-order valence-electron chi connectivity index (χ2n) is 20.6. The van der Waals surface area contributed by atoms with Crippen LogP contribution in [0.1, 0.15) is 22.3 Å². The highest BCUT2D eigenvalue weighted by Crippen LogP contribution is 2.57. The minimum atomic E-state index is -0.620. The fraction of sp³-hybridized carbons (Fsp3) is 0.0130. The smallest absolute Gasteiger partial charge is 0.0622 e. The van der Waals surface area contributed by atoms with Crippen LogP contribution in [0.2, 0.25) is 0 Å². The minimum absolute atomic E-state index is 0.620. The third-order valence-electron chi connectivity index (χ3n) is 16.5. The first-order valence-corrected chi connectivity index (χ1v) is 26.8. The highest BCUT2D eigenvalue weighted by atomic mass is 14.5. The largest absolute Gasteiger partial charge is 0.0713 e. The zero-order valence-electron chi connectivity index (χ0n) is 42.4. The molecule has 0 aromatic heterocycles. The second-order valence-corrected chi connectivity index (χ2v) is 20.6. The van der Waals surface area contributed by atoms with Gasteiger partial charge in [-0.05, 0) is 167 Å². The summed E-state index contributed by atoms with van der Waals surface area (Å²) >= 11 is 0. The van der Waals surface area contributed by atoms with Gasteiger partial charge in [-0.2, -0.15) is 0 Å². The Bertz CT molecular complexity index is 4290. The average Bonchev–Trinajstić information content (AvgIpc) is 4.06. The Kier molecular flexibility index (Phi) is 10.5. The molecule has 15 rings (SSSR count). The molecule has 0 nitrogen and oxygen atoms in total. The molecule has 0 fully saturated rings. The average molecular weight is 975 g/mol. The maximum Gasteiger partial charge on any atom is 0.0713 e. The topological polar surface area (TPSA) is 0 Å². The predicted molar refractivity (Wildman–Crippen MR) is 326 cm³/mol. The summed E-state index contributed by atoms with van der Waals surface area (Å²) in [6, 6.07) is 113. The van der Waals surface area contributed by atoms with Crippen LogP contribution in [0.5, 0.6) is 0 Å². The van der Waals surface area contributed by atoms with Crippen LogP contribution >= 0.6 is 0 Å². The fourth-order valence-corrected chi connectivity index (χ4v) is 13.3. The first-order chi connectivity index (χ1) is 38.2. The summed E-state index contributed by atoms with van der Waals surface area (Å²) in [5.41, 5.74) is 21.6. The van der Waals surface area contributed by atoms with Crippen molar-refractivity contribution in [3.8, 4) is 77.9 Å². The Morgan fingerprint density at radius 2 is 0.442 bits per heavy atom. The SMILES string of the molecule is c1ccc(-c2c3ccccc3c(-c3ccccc3)c3cc(-c4cccc(C5(c6cccc(-c7ccc8c(-c9ccccc9)c9ccccc9c(-c9ccccc9)c8c7)c6)c6ccccc6-c6ccccc65)c4)ccc23)cc1. The van der Waals surface area contributed by atoms with E-state index >= 15 is 0 Å². The Morgan fingerprint density at radius 3 is 0.805 bits per heavy atom. The molecule has 0 unspecified atom stereocenters. The molecule has 1 aliphatic rings. The van der Waals surface area contributed by atoms with Gasteiger partial charge in [-0.1, -0.05) is 279 Å². The van der Waals surface area contributed by atoms with Crippen LogP contribution in [-0.4, -0.2) is 0 Å². The zero-order valence-corrected chi connectivity index (χ0v) is 42.4. The lowest BCUT2D eigenvalue weighted by molar-refractivity contribution is 0.769. The van der Waals surface area contributed by atoms with Crippen LogP contribution in [0.4, 0.5) is 0 Å². The number of hydrogen-bond donors (Lipinski definition) is 0. The van der Waals surface area contributed by atoms with Crippen molar-refractivity contribution in [1.82, 2.24) is 0 Å². The first-order valence-electron chi connectivity index (χ1n) is 26.8. The lowest BCUT2D eigenvalue weighted by Crippen LogP contribution is -2.28. The number of rotatable bonds is 8. The molecule has 0 radical (unpaired) electrons. The fourth-order valence-electron chi connectivity index (χ4n) is 13.3. The highest BCUT2D eigenvalue weighted by Gasteiger charge is 2.46. The van der Waals surface area contributed by atoms with Gasteiger partial charge in [-0.15, -0.1) is 0 Å². The van der Waals surface area contributed by atoms with E-state index in [4.69, 9.17) is 0 Å². The Morgan fingerprint density at radius 1 is 0.169 bits per heavy atom. The second kappa shape index (κ2) is 18.2. The Hall–Kier alpha value is -9.88. The molecule has 1 aliphatic carbocycles. The molecule has 0 saturated carbocycles. The van der Waals surface area contributed by atoms with E-state index in [9.17, 15) is 0 Å². The monoisotopic (exact) mass is 974 g/mol. The van der Waals surface area contributed by atoms with Gasteiger partial charge in [0.25, 0.3) is 0 Å². The van der Waals surface area contributed by atoms with Crippen molar-refractivity contribution in [2.24, 2.45) is 0 Å². The van der Waals surface area contributed by atoms with Crippen LogP contribution in [0.25, 0.3) is 121 Å². The number of fused-ring (bicyclic) bond motifs is 7. The molecule has 0 atom stereocenters. The molecule has 0 heterocycles. The summed E-state index contributed by atoms with van der Waals surface area (Å²) in [5.74, 6) is 0. The van der Waals surface area contributed by atoms with Crippen molar-refractivity contribution in [1.29, 1.82) is 0 Å². The van der Waals surface area contributed by atoms with Gasteiger partial charge in [0.1, 0.15) is 0 Å². The number of benzene rings is 14. The Balaban J connectivity index is 0.953. The predicted octanol–water partition coefficient (Wildman–Crippen LogP) is 20.7. The molecule has 14 aromatic carbocycles. The van der Waals surface area contributed by atoms with Crippen LogP contribution in [0.15, 0.2) is 303 Å². The molecule has 0 amide bonds. The first kappa shape index (κ1) is 44.6. The maximum atomic E-state index is 2.48. The van der Waals surface area contributed by atoms with E-state index in [0.29, 0.717) is 0 Å². The van der Waals surface area contributed by atoms with Crippen molar-refractivity contribution < 1.29 is 0 Å². The summed E-state index contributed by atoms with van der Waals surface area (Å²) in [4.78, 5) is 0. The molecule has 77 heavy (non-hydrogen) atoms. The van der Waals surface area contributed by atoms with Gasteiger partial charge in [-0.25, -0.2) is 0 Å². The quantitative estimate of drug-likeness (QED) is 0.133. The van der Waals surface area contributed by atoms with Crippen molar-refractivity contribution in [3.63, 3.8) is 0 Å². The molecular formula is C77H50. The van der Waals surface area contributed by atoms with E-state index in [-0.39, 0.29) is 0 Å². The minimum Gasteiger partial charge on any atom is -0.0622 e. The van der Waals surface area contributed by atoms with E-state index in [2.05, 4.69) is 303 Å². The normalized spacial score (nSPS) is 12.5. The zero-order chi connectivity index (χ0) is 50.9. The molecule has 0 aliphatic heterocycles. The van der Waals surface area contributed by atoms with E-state index in [0.717, 1.165) is 0 Å². The Labute approximate surface area is 449 Å². The molecule has 14 aromatic rings. The van der Waals surface area contributed by atoms with E-state index in [1.54, 1.807) is 0 Å². The molecule has 0 saturated heterocycles. The van der Waals surface area contributed by atoms with Gasteiger partial charge in [0.2, 0.25) is 0 Å². The van der Waals surface area contributed by atoms with Crippen molar-refractivity contribution in [2.45, 2.75) is 5.41 Å². The summed E-state index contributed by atoms with van der Waals surface area (Å²) < 4.78 is 0. The van der Waals surface area contributed by atoms with Crippen LogP contribution in [-0.2, 0) is 5.41 Å². The third-order valence-corrected chi connectivity index (χ3v) is 16.5. The summed E-state index contributed by atoms with van der Waals surface area (Å²) in [5, 5.41) is 9.99. The van der Waals surface area contributed by atoms with Gasteiger partial charge in [0.05, 0.1) is 5.41 Å². The van der Waals surface area contributed by atoms with E-state index in [1.807, 2.05) is 0 Å².